The Morgan fingerprint density at radius 1 is 1.45 bits per heavy atom. The van der Waals surface area contributed by atoms with Crippen molar-refractivity contribution in [1.29, 1.82) is 0 Å². The molecule has 1 fully saturated rings. The lowest BCUT2D eigenvalue weighted by Gasteiger charge is -1.98. The minimum absolute atomic E-state index is 0.117. The number of hydroxylamine groups is 1. The van der Waals surface area contributed by atoms with Crippen LogP contribution in [0.15, 0.2) is 16.2 Å². The predicted octanol–water partition coefficient (Wildman–Crippen LogP) is 2.82. The van der Waals surface area contributed by atoms with Crippen LogP contribution in [-0.2, 0) is 9.84 Å². The fraction of sp³-hybridized carbons (Fsp3) is 0.500. The Balaban J connectivity index is 2.28. The van der Waals surface area contributed by atoms with Crippen LogP contribution in [0.5, 0.6) is 0 Å². The summed E-state index contributed by atoms with van der Waals surface area (Å²) in [5.74, 6) is -2.42. The largest absolute Gasteiger partial charge is 0.624 e. The van der Waals surface area contributed by atoms with Gasteiger partial charge < -0.3 is 5.21 Å². The van der Waals surface area contributed by atoms with Gasteiger partial charge in [-0.15, -0.1) is 0 Å². The van der Waals surface area contributed by atoms with Crippen LogP contribution in [0.1, 0.15) is 35.8 Å². The molecule has 0 amide bonds. The standard InChI is InChI=1S/C12H13F3N2O3S2/c1-17(18)6-9-10(7-2-3-7)16-12(21-9)22(19,20)5-4-8(13)11(14)15/h6-7H,2-5H2,1H3/b17-6-. The van der Waals surface area contributed by atoms with E-state index in [0.717, 1.165) is 24.2 Å². The summed E-state index contributed by atoms with van der Waals surface area (Å²) >= 11 is 0.801. The zero-order chi connectivity index (χ0) is 16.5. The maximum absolute atomic E-state index is 12.8. The molecule has 0 atom stereocenters. The van der Waals surface area contributed by atoms with Crippen LogP contribution in [0.3, 0.4) is 0 Å². The normalized spacial score (nSPS) is 15.9. The van der Waals surface area contributed by atoms with Crippen LogP contribution in [-0.4, -0.2) is 37.2 Å². The van der Waals surface area contributed by atoms with Gasteiger partial charge in [-0.1, -0.05) is 11.3 Å². The smallest absolute Gasteiger partial charge is 0.301 e. The molecular formula is C12H13F3N2O3S2. The number of allylic oxidation sites excluding steroid dienone is 1. The second-order valence-corrected chi connectivity index (χ2v) is 8.23. The molecule has 0 N–H and O–H groups in total. The van der Waals surface area contributed by atoms with Crippen molar-refractivity contribution in [3.63, 3.8) is 0 Å². The van der Waals surface area contributed by atoms with Crippen LogP contribution >= 0.6 is 11.3 Å². The van der Waals surface area contributed by atoms with Gasteiger partial charge in [-0.25, -0.2) is 22.5 Å². The molecule has 0 aliphatic heterocycles. The molecule has 1 heterocycles. The summed E-state index contributed by atoms with van der Waals surface area (Å²) in [6.07, 6.45) is -0.473. The molecule has 1 aromatic heterocycles. The quantitative estimate of drug-likeness (QED) is 0.341. The SMILES string of the molecule is C/[N+]([O-])=C/c1sc(S(=O)(=O)CCC(F)=C(F)F)nc1C1CC1. The van der Waals surface area contributed by atoms with E-state index in [9.17, 15) is 26.8 Å². The summed E-state index contributed by atoms with van der Waals surface area (Å²) in [7, 11) is -2.71. The number of sulfone groups is 1. The summed E-state index contributed by atoms with van der Waals surface area (Å²) in [6, 6.07) is 0. The fourth-order valence-electron chi connectivity index (χ4n) is 1.77. The summed E-state index contributed by atoms with van der Waals surface area (Å²) in [5.41, 5.74) is 0.527. The lowest BCUT2D eigenvalue weighted by Crippen LogP contribution is -2.07. The highest BCUT2D eigenvalue weighted by Crippen LogP contribution is 2.43. The first-order valence-electron chi connectivity index (χ1n) is 6.38. The monoisotopic (exact) mass is 354 g/mol. The Hall–Kier alpha value is -1.42. The second kappa shape index (κ2) is 6.37. The minimum Gasteiger partial charge on any atom is -0.624 e. The van der Waals surface area contributed by atoms with E-state index in [1.54, 1.807) is 0 Å². The van der Waals surface area contributed by atoms with Gasteiger partial charge in [-0.2, -0.15) is 8.78 Å². The third kappa shape index (κ3) is 4.07. The van der Waals surface area contributed by atoms with E-state index >= 15 is 0 Å². The van der Waals surface area contributed by atoms with E-state index in [4.69, 9.17) is 0 Å². The maximum atomic E-state index is 12.8. The maximum Gasteiger partial charge on any atom is 0.301 e. The zero-order valence-electron chi connectivity index (χ0n) is 11.6. The molecule has 0 bridgehead atoms. The molecule has 0 aromatic carbocycles. The van der Waals surface area contributed by atoms with E-state index in [1.807, 2.05) is 0 Å². The number of thiazole rings is 1. The Bertz CT molecular complexity index is 729. The molecule has 5 nitrogen and oxygen atoms in total. The molecule has 1 aromatic rings. The summed E-state index contributed by atoms with van der Waals surface area (Å²) in [5, 5.41) is 11.1. The van der Waals surface area contributed by atoms with Gasteiger partial charge in [0.05, 0.1) is 11.4 Å². The number of hydrogen-bond donors (Lipinski definition) is 0. The van der Waals surface area contributed by atoms with E-state index in [1.165, 1.54) is 13.3 Å². The van der Waals surface area contributed by atoms with Crippen LogP contribution < -0.4 is 0 Å². The third-order valence-electron chi connectivity index (χ3n) is 2.99. The number of rotatable bonds is 6. The molecule has 10 heteroatoms. The van der Waals surface area contributed by atoms with Crippen molar-refractivity contribution in [2.75, 3.05) is 12.8 Å². The Kier molecular flexibility index (Phi) is 4.90. The van der Waals surface area contributed by atoms with Crippen LogP contribution in [0, 0.1) is 5.21 Å². The van der Waals surface area contributed by atoms with Crippen molar-refractivity contribution in [3.8, 4) is 0 Å². The molecule has 1 saturated carbocycles. The highest BCUT2D eigenvalue weighted by molar-refractivity contribution is 7.93. The molecule has 1 aliphatic carbocycles. The highest BCUT2D eigenvalue weighted by atomic mass is 32.2. The summed E-state index contributed by atoms with van der Waals surface area (Å²) in [4.78, 5) is 4.46. The van der Waals surface area contributed by atoms with Crippen molar-refractivity contribution in [3.05, 3.63) is 27.7 Å². The van der Waals surface area contributed by atoms with Crippen molar-refractivity contribution in [1.82, 2.24) is 4.98 Å². The van der Waals surface area contributed by atoms with Gasteiger partial charge in [0, 0.05) is 12.3 Å². The molecule has 122 valence electrons. The van der Waals surface area contributed by atoms with Crippen LogP contribution in [0.4, 0.5) is 13.2 Å². The van der Waals surface area contributed by atoms with Crippen molar-refractivity contribution in [2.45, 2.75) is 29.5 Å². The van der Waals surface area contributed by atoms with E-state index in [-0.39, 0.29) is 10.3 Å². The van der Waals surface area contributed by atoms with Crippen molar-refractivity contribution >= 4 is 27.4 Å². The highest BCUT2D eigenvalue weighted by Gasteiger charge is 2.32. The first kappa shape index (κ1) is 16.9. The lowest BCUT2D eigenvalue weighted by molar-refractivity contribution is -0.416. The molecular weight excluding hydrogens is 341 g/mol. The van der Waals surface area contributed by atoms with Crippen molar-refractivity contribution in [2.24, 2.45) is 0 Å². The van der Waals surface area contributed by atoms with E-state index in [2.05, 4.69) is 4.98 Å². The average molecular weight is 354 g/mol. The molecule has 1 aliphatic rings. The van der Waals surface area contributed by atoms with Crippen molar-refractivity contribution < 1.29 is 26.3 Å². The van der Waals surface area contributed by atoms with Gasteiger partial charge in [0.15, 0.2) is 12.0 Å². The molecule has 0 radical (unpaired) electrons. The minimum atomic E-state index is -3.97. The molecule has 22 heavy (non-hydrogen) atoms. The number of halogens is 3. The van der Waals surface area contributed by atoms with Gasteiger partial charge in [-0.05, 0) is 12.8 Å². The number of aromatic nitrogens is 1. The number of nitrogens with zero attached hydrogens (tertiary/aromatic N) is 2. The third-order valence-corrected chi connectivity index (χ3v) is 6.16. The van der Waals surface area contributed by atoms with Crippen LogP contribution in [0.2, 0.25) is 0 Å². The van der Waals surface area contributed by atoms with Gasteiger partial charge in [0.25, 0.3) is 0 Å². The zero-order valence-corrected chi connectivity index (χ0v) is 13.2. The van der Waals surface area contributed by atoms with E-state index < -0.39 is 33.9 Å². The number of hydrogen-bond acceptors (Lipinski definition) is 5. The Morgan fingerprint density at radius 3 is 2.59 bits per heavy atom. The first-order valence-corrected chi connectivity index (χ1v) is 8.85. The van der Waals surface area contributed by atoms with Crippen LogP contribution in [0.25, 0.3) is 0 Å². The Labute approximate surface area is 129 Å². The molecule has 0 spiro atoms. The van der Waals surface area contributed by atoms with Gasteiger partial charge in [0.2, 0.25) is 14.2 Å². The Morgan fingerprint density at radius 2 is 2.09 bits per heavy atom. The fourth-order valence-corrected chi connectivity index (χ4v) is 4.51. The van der Waals surface area contributed by atoms with Gasteiger partial charge >= 0.3 is 6.08 Å². The second-order valence-electron chi connectivity index (χ2n) is 4.91. The van der Waals surface area contributed by atoms with E-state index in [0.29, 0.717) is 15.3 Å². The predicted molar refractivity (Wildman–Crippen MR) is 75.8 cm³/mol. The summed E-state index contributed by atoms with van der Waals surface area (Å²) in [6.45, 7) is 0. The summed E-state index contributed by atoms with van der Waals surface area (Å²) < 4.78 is 61.1. The van der Waals surface area contributed by atoms with Gasteiger partial charge in [0.1, 0.15) is 11.9 Å². The molecule has 0 saturated heterocycles. The molecule has 2 rings (SSSR count). The lowest BCUT2D eigenvalue weighted by atomic mass is 10.3. The first-order chi connectivity index (χ1) is 10.2. The topological polar surface area (TPSA) is 73.1 Å². The van der Waals surface area contributed by atoms with Gasteiger partial charge in [-0.3, -0.25) is 0 Å². The average Bonchev–Trinajstić information content (AvgIpc) is 3.17. The molecule has 0 unspecified atom stereocenters.